The largest absolute Gasteiger partial charge is 0.464 e. The lowest BCUT2D eigenvalue weighted by atomic mass is 10.2. The Bertz CT molecular complexity index is 463. The lowest BCUT2D eigenvalue weighted by Crippen LogP contribution is -2.47. The molecule has 1 N–H and O–H groups in total. The lowest BCUT2D eigenvalue weighted by molar-refractivity contribution is -0.123. The van der Waals surface area contributed by atoms with Crippen molar-refractivity contribution in [3.63, 3.8) is 0 Å². The molecule has 1 rings (SSSR count). The molecule has 7 heteroatoms. The maximum absolute atomic E-state index is 11.9. The van der Waals surface area contributed by atoms with Crippen molar-refractivity contribution < 1.29 is 9.53 Å². The summed E-state index contributed by atoms with van der Waals surface area (Å²) in [5.74, 6) is 0.108. The van der Waals surface area contributed by atoms with Gasteiger partial charge in [-0.15, -0.1) is 0 Å². The minimum atomic E-state index is -1.81. The number of amides is 1. The van der Waals surface area contributed by atoms with Crippen molar-refractivity contribution in [1.82, 2.24) is 5.32 Å². The predicted molar refractivity (Wildman–Crippen MR) is 88.4 cm³/mol. The van der Waals surface area contributed by atoms with E-state index in [-0.39, 0.29) is 5.91 Å². The van der Waals surface area contributed by atoms with E-state index in [0.717, 1.165) is 19.3 Å². The van der Waals surface area contributed by atoms with Gasteiger partial charge < -0.3 is 10.1 Å². The highest BCUT2D eigenvalue weighted by atomic mass is 35.6. The van der Waals surface area contributed by atoms with Gasteiger partial charge in [-0.1, -0.05) is 78.3 Å². The molecule has 3 nitrogen and oxygen atoms in total. The maximum atomic E-state index is 11.9. The van der Waals surface area contributed by atoms with Crippen LogP contribution in [0.2, 0.25) is 5.02 Å². The van der Waals surface area contributed by atoms with Gasteiger partial charge in [0.2, 0.25) is 15.9 Å². The molecule has 1 amide bonds. The molecular formula is C14H17Cl4NO2. The second-order valence-electron chi connectivity index (χ2n) is 4.49. The molecule has 0 fully saturated rings. The van der Waals surface area contributed by atoms with Crippen molar-refractivity contribution in [2.45, 2.75) is 42.6 Å². The zero-order valence-corrected chi connectivity index (χ0v) is 14.6. The quantitative estimate of drug-likeness (QED) is 0.410. The van der Waals surface area contributed by atoms with Gasteiger partial charge in [-0.25, -0.2) is 0 Å². The molecule has 0 aliphatic carbocycles. The molecule has 1 aromatic carbocycles. The summed E-state index contributed by atoms with van der Waals surface area (Å²) >= 11 is 23.6. The molecule has 0 heterocycles. The second kappa shape index (κ2) is 8.94. The number of hydrogen-bond donors (Lipinski definition) is 1. The minimum absolute atomic E-state index is 0.230. The van der Waals surface area contributed by atoms with Crippen LogP contribution in [-0.4, -0.2) is 15.9 Å². The minimum Gasteiger partial charge on any atom is -0.464 e. The van der Waals surface area contributed by atoms with Gasteiger partial charge in [0.1, 0.15) is 5.75 Å². The number of unbranched alkanes of at least 4 members (excludes halogenated alkanes) is 2. The summed E-state index contributed by atoms with van der Waals surface area (Å²) < 4.78 is 3.72. The first-order chi connectivity index (χ1) is 9.84. The van der Waals surface area contributed by atoms with Gasteiger partial charge in [0.15, 0.2) is 0 Å². The number of ether oxygens (including phenoxy) is 1. The standard InChI is InChI=1S/C14H17Cl4NO2/c1-2-3-4-9-12(20)19-13(14(16,17)18)21-11-8-6-5-7-10(11)15/h5-8,13H,2-4,9H2,1H3,(H,19,20). The van der Waals surface area contributed by atoms with Gasteiger partial charge in [-0.3, -0.25) is 4.79 Å². The van der Waals surface area contributed by atoms with Crippen LogP contribution in [0.5, 0.6) is 5.75 Å². The molecule has 0 aliphatic rings. The van der Waals surface area contributed by atoms with Crippen molar-refractivity contribution >= 4 is 52.3 Å². The van der Waals surface area contributed by atoms with Crippen molar-refractivity contribution in [2.24, 2.45) is 0 Å². The Labute approximate surface area is 144 Å². The Kier molecular flexibility index (Phi) is 7.96. The topological polar surface area (TPSA) is 38.3 Å². The fraction of sp³-hybridized carbons (Fsp3) is 0.500. The van der Waals surface area contributed by atoms with Gasteiger partial charge in [0.05, 0.1) is 5.02 Å². The summed E-state index contributed by atoms with van der Waals surface area (Å²) in [5.41, 5.74) is 0. The fourth-order valence-corrected chi connectivity index (χ4v) is 2.08. The van der Waals surface area contributed by atoms with Gasteiger partial charge in [0, 0.05) is 6.42 Å². The molecule has 21 heavy (non-hydrogen) atoms. The molecule has 0 saturated heterocycles. The fourth-order valence-electron chi connectivity index (χ4n) is 1.60. The number of carbonyl (C=O) groups is 1. The Hall–Kier alpha value is -0.350. The van der Waals surface area contributed by atoms with E-state index in [9.17, 15) is 4.79 Å². The van der Waals surface area contributed by atoms with Crippen LogP contribution in [-0.2, 0) is 4.79 Å². The number of hydrogen-bond acceptors (Lipinski definition) is 2. The highest BCUT2D eigenvalue weighted by Crippen LogP contribution is 2.34. The SMILES string of the molecule is CCCCCC(=O)NC(Oc1ccccc1Cl)C(Cl)(Cl)Cl. The number of alkyl halides is 3. The van der Waals surface area contributed by atoms with Crippen molar-refractivity contribution in [3.8, 4) is 5.75 Å². The zero-order chi connectivity index (χ0) is 15.9. The molecule has 0 bridgehead atoms. The summed E-state index contributed by atoms with van der Waals surface area (Å²) in [4.78, 5) is 11.9. The molecule has 1 atom stereocenters. The smallest absolute Gasteiger partial charge is 0.246 e. The maximum Gasteiger partial charge on any atom is 0.246 e. The number of para-hydroxylation sites is 1. The van der Waals surface area contributed by atoms with Crippen LogP contribution in [0.1, 0.15) is 32.6 Å². The van der Waals surface area contributed by atoms with Crippen LogP contribution in [0.4, 0.5) is 0 Å². The van der Waals surface area contributed by atoms with Crippen LogP contribution in [0, 0.1) is 0 Å². The monoisotopic (exact) mass is 371 g/mol. The van der Waals surface area contributed by atoms with Crippen LogP contribution in [0.3, 0.4) is 0 Å². The third-order valence-electron chi connectivity index (χ3n) is 2.68. The Balaban J connectivity index is 2.69. The zero-order valence-electron chi connectivity index (χ0n) is 11.5. The molecular weight excluding hydrogens is 356 g/mol. The Morgan fingerprint density at radius 2 is 1.95 bits per heavy atom. The Morgan fingerprint density at radius 1 is 1.29 bits per heavy atom. The van der Waals surface area contributed by atoms with E-state index in [1.54, 1.807) is 24.3 Å². The third-order valence-corrected chi connectivity index (χ3v) is 3.59. The first-order valence-corrected chi connectivity index (χ1v) is 8.13. The van der Waals surface area contributed by atoms with Crippen LogP contribution >= 0.6 is 46.4 Å². The van der Waals surface area contributed by atoms with Gasteiger partial charge in [-0.2, -0.15) is 0 Å². The molecule has 0 aromatic heterocycles. The average Bonchev–Trinajstić information content (AvgIpc) is 2.39. The number of carbonyl (C=O) groups excluding carboxylic acids is 1. The summed E-state index contributed by atoms with van der Waals surface area (Å²) in [7, 11) is 0. The van der Waals surface area contributed by atoms with Crippen molar-refractivity contribution in [2.75, 3.05) is 0 Å². The van der Waals surface area contributed by atoms with E-state index >= 15 is 0 Å². The van der Waals surface area contributed by atoms with Gasteiger partial charge in [0.25, 0.3) is 0 Å². The van der Waals surface area contributed by atoms with Crippen LogP contribution < -0.4 is 10.1 Å². The highest BCUT2D eigenvalue weighted by molar-refractivity contribution is 6.68. The van der Waals surface area contributed by atoms with E-state index in [4.69, 9.17) is 51.1 Å². The molecule has 0 aliphatic heterocycles. The van der Waals surface area contributed by atoms with E-state index in [1.165, 1.54) is 0 Å². The molecule has 1 aromatic rings. The van der Waals surface area contributed by atoms with E-state index in [0.29, 0.717) is 17.2 Å². The van der Waals surface area contributed by atoms with E-state index in [1.807, 2.05) is 0 Å². The third kappa shape index (κ3) is 6.96. The number of benzene rings is 1. The van der Waals surface area contributed by atoms with Crippen molar-refractivity contribution in [3.05, 3.63) is 29.3 Å². The van der Waals surface area contributed by atoms with E-state index < -0.39 is 10.0 Å². The number of halogens is 4. The summed E-state index contributed by atoms with van der Waals surface area (Å²) in [6, 6.07) is 6.77. The van der Waals surface area contributed by atoms with Gasteiger partial charge >= 0.3 is 0 Å². The molecule has 1 unspecified atom stereocenters. The molecule has 0 saturated carbocycles. The summed E-state index contributed by atoms with van der Waals surface area (Å²) in [6.45, 7) is 2.06. The van der Waals surface area contributed by atoms with Gasteiger partial charge in [-0.05, 0) is 18.6 Å². The van der Waals surface area contributed by atoms with Crippen LogP contribution in [0.15, 0.2) is 24.3 Å². The molecule has 118 valence electrons. The summed E-state index contributed by atoms with van der Waals surface area (Å²) in [6.07, 6.45) is 2.02. The lowest BCUT2D eigenvalue weighted by Gasteiger charge is -2.26. The first-order valence-electron chi connectivity index (χ1n) is 6.62. The average molecular weight is 373 g/mol. The van der Waals surface area contributed by atoms with Crippen LogP contribution in [0.25, 0.3) is 0 Å². The predicted octanol–water partition coefficient (Wildman–Crippen LogP) is 5.11. The first kappa shape index (κ1) is 18.7. The van der Waals surface area contributed by atoms with Crippen molar-refractivity contribution in [1.29, 1.82) is 0 Å². The highest BCUT2D eigenvalue weighted by Gasteiger charge is 2.36. The summed E-state index contributed by atoms with van der Waals surface area (Å²) in [5, 5.41) is 2.95. The normalized spacial score (nSPS) is 12.8. The molecule has 0 spiro atoms. The number of rotatable bonds is 7. The Morgan fingerprint density at radius 3 is 2.52 bits per heavy atom. The second-order valence-corrected chi connectivity index (χ2v) is 7.27. The molecule has 0 radical (unpaired) electrons. The number of nitrogens with one attached hydrogen (secondary N) is 1. The van der Waals surface area contributed by atoms with E-state index in [2.05, 4.69) is 12.2 Å².